The minimum Gasteiger partial charge on any atom is -0.449 e. The van der Waals surface area contributed by atoms with Gasteiger partial charge in [-0.15, -0.1) is 0 Å². The van der Waals surface area contributed by atoms with E-state index in [1.165, 1.54) is 28.3 Å². The molecule has 6 nitrogen and oxygen atoms in total. The summed E-state index contributed by atoms with van der Waals surface area (Å²) in [6.45, 7) is 0.700. The fourth-order valence-electron chi connectivity index (χ4n) is 3.81. The molecule has 0 spiro atoms. The Balaban J connectivity index is 1.28. The molecule has 0 fully saturated rings. The van der Waals surface area contributed by atoms with Crippen molar-refractivity contribution in [1.82, 2.24) is 10.3 Å². The number of rotatable bonds is 6. The molecule has 1 amide bonds. The number of nitrogens with zero attached hydrogens (tertiary/aromatic N) is 1. The van der Waals surface area contributed by atoms with Crippen LogP contribution in [0, 0.1) is 11.3 Å². The monoisotopic (exact) mass is 411 g/mol. The maximum absolute atomic E-state index is 12.1. The van der Waals surface area contributed by atoms with Gasteiger partial charge in [-0.3, -0.25) is 4.79 Å². The Labute approximate surface area is 179 Å². The zero-order valence-corrected chi connectivity index (χ0v) is 16.8. The lowest BCUT2D eigenvalue weighted by Gasteiger charge is -2.14. The number of benzene rings is 2. The number of amides is 1. The normalized spacial score (nSPS) is 12.2. The molecule has 1 heterocycles. The SMILES string of the molecule is N#Cc1cc(C=CCCNC(=O)OCC2c3ccccc3-c3ccccc32)c[nH]c1=O. The van der Waals surface area contributed by atoms with Crippen LogP contribution >= 0.6 is 0 Å². The van der Waals surface area contributed by atoms with Gasteiger partial charge in [0.15, 0.2) is 0 Å². The molecule has 0 aliphatic heterocycles. The Bertz CT molecular complexity index is 1190. The first-order chi connectivity index (χ1) is 15.2. The summed E-state index contributed by atoms with van der Waals surface area (Å²) in [5.41, 5.74) is 5.13. The van der Waals surface area contributed by atoms with Crippen molar-refractivity contribution in [3.8, 4) is 17.2 Å². The molecule has 0 radical (unpaired) electrons. The summed E-state index contributed by atoms with van der Waals surface area (Å²) in [7, 11) is 0. The van der Waals surface area contributed by atoms with Crippen LogP contribution in [0.5, 0.6) is 0 Å². The molecule has 31 heavy (non-hydrogen) atoms. The lowest BCUT2D eigenvalue weighted by atomic mass is 9.98. The number of nitrogens with one attached hydrogen (secondary N) is 2. The maximum Gasteiger partial charge on any atom is 0.407 e. The molecule has 0 atom stereocenters. The van der Waals surface area contributed by atoms with Gasteiger partial charge in [-0.1, -0.05) is 60.7 Å². The third-order valence-corrected chi connectivity index (χ3v) is 5.28. The highest BCUT2D eigenvalue weighted by atomic mass is 16.5. The number of hydrogen-bond acceptors (Lipinski definition) is 4. The predicted molar refractivity (Wildman–Crippen MR) is 119 cm³/mol. The van der Waals surface area contributed by atoms with Crippen molar-refractivity contribution in [2.45, 2.75) is 12.3 Å². The number of carbonyl (C=O) groups is 1. The predicted octanol–water partition coefficient (Wildman–Crippen LogP) is 4.19. The van der Waals surface area contributed by atoms with Gasteiger partial charge in [-0.2, -0.15) is 5.26 Å². The zero-order valence-electron chi connectivity index (χ0n) is 16.8. The first-order valence-corrected chi connectivity index (χ1v) is 10.1. The summed E-state index contributed by atoms with van der Waals surface area (Å²) in [6, 6.07) is 19.8. The number of fused-ring (bicyclic) bond motifs is 3. The van der Waals surface area contributed by atoms with E-state index in [1.807, 2.05) is 36.4 Å². The highest BCUT2D eigenvalue weighted by molar-refractivity contribution is 5.79. The molecule has 2 aromatic carbocycles. The average molecular weight is 411 g/mol. The van der Waals surface area contributed by atoms with E-state index in [4.69, 9.17) is 10.00 Å². The minimum absolute atomic E-state index is 0.0348. The molecule has 6 heteroatoms. The van der Waals surface area contributed by atoms with E-state index in [0.29, 0.717) is 13.0 Å². The molecule has 2 N–H and O–H groups in total. The van der Waals surface area contributed by atoms with Crippen molar-refractivity contribution >= 4 is 12.2 Å². The van der Waals surface area contributed by atoms with Crippen LogP contribution in [-0.4, -0.2) is 24.2 Å². The lowest BCUT2D eigenvalue weighted by Crippen LogP contribution is -2.26. The molecule has 154 valence electrons. The fraction of sp³-hybridized carbons (Fsp3) is 0.160. The number of nitriles is 1. The smallest absolute Gasteiger partial charge is 0.407 e. The van der Waals surface area contributed by atoms with Crippen LogP contribution in [0.3, 0.4) is 0 Å². The van der Waals surface area contributed by atoms with Crippen molar-refractivity contribution in [1.29, 1.82) is 5.26 Å². The first-order valence-electron chi connectivity index (χ1n) is 10.1. The molecule has 1 aliphatic rings. The third kappa shape index (κ3) is 4.41. The minimum atomic E-state index is -0.453. The van der Waals surface area contributed by atoms with Crippen LogP contribution in [0.15, 0.2) is 71.7 Å². The van der Waals surface area contributed by atoms with Gasteiger partial charge in [0.25, 0.3) is 5.56 Å². The summed E-state index contributed by atoms with van der Waals surface area (Å²) in [5.74, 6) is 0.0348. The number of aromatic nitrogens is 1. The van der Waals surface area contributed by atoms with E-state index in [1.54, 1.807) is 12.3 Å². The Kier molecular flexibility index (Phi) is 5.95. The number of aromatic amines is 1. The molecular formula is C25H21N3O3. The summed E-state index contributed by atoms with van der Waals surface area (Å²) in [5, 5.41) is 11.6. The molecule has 1 aromatic heterocycles. The fourth-order valence-corrected chi connectivity index (χ4v) is 3.81. The Morgan fingerprint density at radius 3 is 2.48 bits per heavy atom. The Morgan fingerprint density at radius 2 is 1.81 bits per heavy atom. The quantitative estimate of drug-likeness (QED) is 0.595. The number of carbonyl (C=O) groups excluding carboxylic acids is 1. The number of alkyl carbamates (subject to hydrolysis) is 1. The van der Waals surface area contributed by atoms with Gasteiger partial charge in [-0.25, -0.2) is 4.79 Å². The van der Waals surface area contributed by atoms with E-state index in [2.05, 4.69) is 34.6 Å². The molecule has 4 rings (SSSR count). The van der Waals surface area contributed by atoms with Gasteiger partial charge in [0.2, 0.25) is 0 Å². The van der Waals surface area contributed by atoms with Crippen LogP contribution < -0.4 is 10.9 Å². The maximum atomic E-state index is 12.1. The van der Waals surface area contributed by atoms with Crippen molar-refractivity contribution in [2.75, 3.05) is 13.2 Å². The average Bonchev–Trinajstić information content (AvgIpc) is 3.12. The van der Waals surface area contributed by atoms with Crippen LogP contribution in [0.25, 0.3) is 17.2 Å². The van der Waals surface area contributed by atoms with E-state index in [-0.39, 0.29) is 18.1 Å². The van der Waals surface area contributed by atoms with E-state index in [9.17, 15) is 9.59 Å². The van der Waals surface area contributed by atoms with Crippen molar-refractivity contribution in [3.05, 3.63) is 99.5 Å². The van der Waals surface area contributed by atoms with Crippen LogP contribution in [0.2, 0.25) is 0 Å². The number of H-pyrrole nitrogens is 1. The zero-order chi connectivity index (χ0) is 21.6. The van der Waals surface area contributed by atoms with Crippen LogP contribution in [0.4, 0.5) is 4.79 Å². The van der Waals surface area contributed by atoms with Gasteiger partial charge >= 0.3 is 6.09 Å². The molecule has 1 aliphatic carbocycles. The summed E-state index contributed by atoms with van der Waals surface area (Å²) < 4.78 is 5.50. The lowest BCUT2D eigenvalue weighted by molar-refractivity contribution is 0.143. The van der Waals surface area contributed by atoms with Crippen LogP contribution in [-0.2, 0) is 4.74 Å². The third-order valence-electron chi connectivity index (χ3n) is 5.28. The highest BCUT2D eigenvalue weighted by Crippen LogP contribution is 2.44. The molecule has 0 saturated carbocycles. The number of hydrogen-bond donors (Lipinski definition) is 2. The summed E-state index contributed by atoms with van der Waals surface area (Å²) >= 11 is 0. The van der Waals surface area contributed by atoms with Gasteiger partial charge in [0.05, 0.1) is 0 Å². The standard InChI is InChI=1S/C25H21N3O3/c26-14-18-13-17(15-28-24(18)29)7-5-6-12-27-25(30)31-16-23-21-10-3-1-8-19(21)20-9-2-4-11-22(20)23/h1-5,7-11,13,15,23H,6,12,16H2,(H,27,30)(H,28,29). The summed E-state index contributed by atoms with van der Waals surface area (Å²) in [4.78, 5) is 26.0. The molecule has 0 unspecified atom stereocenters. The molecule has 0 saturated heterocycles. The second-order valence-electron chi connectivity index (χ2n) is 7.23. The van der Waals surface area contributed by atoms with Gasteiger partial charge in [0, 0.05) is 18.7 Å². The van der Waals surface area contributed by atoms with Crippen molar-refractivity contribution in [3.63, 3.8) is 0 Å². The molecule has 0 bridgehead atoms. The van der Waals surface area contributed by atoms with Crippen molar-refractivity contribution in [2.24, 2.45) is 0 Å². The molecular weight excluding hydrogens is 390 g/mol. The number of ether oxygens (including phenoxy) is 1. The second-order valence-corrected chi connectivity index (χ2v) is 7.23. The van der Waals surface area contributed by atoms with Crippen molar-refractivity contribution < 1.29 is 9.53 Å². The van der Waals surface area contributed by atoms with Gasteiger partial charge < -0.3 is 15.0 Å². The van der Waals surface area contributed by atoms with E-state index < -0.39 is 11.7 Å². The van der Waals surface area contributed by atoms with E-state index >= 15 is 0 Å². The Morgan fingerprint density at radius 1 is 1.13 bits per heavy atom. The topological polar surface area (TPSA) is 95.0 Å². The van der Waals surface area contributed by atoms with Crippen LogP contribution in [0.1, 0.15) is 34.6 Å². The largest absolute Gasteiger partial charge is 0.449 e. The van der Waals surface area contributed by atoms with Gasteiger partial charge in [-0.05, 0) is 40.3 Å². The van der Waals surface area contributed by atoms with Gasteiger partial charge in [0.1, 0.15) is 18.2 Å². The first kappa shape index (κ1) is 20.2. The molecule has 3 aromatic rings. The summed E-state index contributed by atoms with van der Waals surface area (Å²) in [6.07, 6.45) is 5.32. The Hall–Kier alpha value is -4.11. The highest BCUT2D eigenvalue weighted by Gasteiger charge is 2.28. The van der Waals surface area contributed by atoms with E-state index in [0.717, 1.165) is 5.56 Å². The second kappa shape index (κ2) is 9.14. The number of pyridine rings is 1.